The van der Waals surface area contributed by atoms with Gasteiger partial charge in [-0.1, -0.05) is 12.1 Å². The lowest BCUT2D eigenvalue weighted by molar-refractivity contribution is -0.121. The first-order valence-corrected chi connectivity index (χ1v) is 7.62. The molecular weight excluding hydrogens is 343 g/mol. The first-order chi connectivity index (χ1) is 12.5. The normalized spacial score (nSPS) is 10.0. The quantitative estimate of drug-likeness (QED) is 0.766. The molecule has 0 radical (unpaired) electrons. The molecule has 0 saturated heterocycles. The summed E-state index contributed by atoms with van der Waals surface area (Å²) in [5, 5.41) is 0. The standard InChI is InChI=1S/C18H19FN2O5/c1-24-14-9-12(10-15(25-2)17(14)26-3)18(23)21-20-16(22)8-11-5-4-6-13(19)7-11/h4-7,9-10H,8H2,1-3H3,(H,20,22)(H,21,23). The van der Waals surface area contributed by atoms with Crippen LogP contribution < -0.4 is 25.1 Å². The van der Waals surface area contributed by atoms with Crippen LogP contribution in [0.4, 0.5) is 4.39 Å². The van der Waals surface area contributed by atoms with E-state index in [0.717, 1.165) is 0 Å². The van der Waals surface area contributed by atoms with E-state index < -0.39 is 17.6 Å². The zero-order chi connectivity index (χ0) is 19.1. The van der Waals surface area contributed by atoms with Crippen LogP contribution in [0.25, 0.3) is 0 Å². The van der Waals surface area contributed by atoms with Crippen LogP contribution in [0.2, 0.25) is 0 Å². The Balaban J connectivity index is 2.04. The minimum Gasteiger partial charge on any atom is -0.493 e. The monoisotopic (exact) mass is 362 g/mol. The van der Waals surface area contributed by atoms with Gasteiger partial charge in [0.25, 0.3) is 5.91 Å². The SMILES string of the molecule is COc1cc(C(=O)NNC(=O)Cc2cccc(F)c2)cc(OC)c1OC. The van der Waals surface area contributed by atoms with Crippen LogP contribution in [0.5, 0.6) is 17.2 Å². The van der Waals surface area contributed by atoms with Gasteiger partial charge in [0.15, 0.2) is 11.5 Å². The van der Waals surface area contributed by atoms with E-state index in [9.17, 15) is 14.0 Å². The lowest BCUT2D eigenvalue weighted by atomic mass is 10.1. The number of ether oxygens (including phenoxy) is 3. The second-order valence-electron chi connectivity index (χ2n) is 5.22. The summed E-state index contributed by atoms with van der Waals surface area (Å²) in [6, 6.07) is 8.56. The van der Waals surface area contributed by atoms with Crippen LogP contribution in [0.3, 0.4) is 0 Å². The van der Waals surface area contributed by atoms with Crippen molar-refractivity contribution in [3.8, 4) is 17.2 Å². The molecule has 7 nitrogen and oxygen atoms in total. The molecule has 2 N–H and O–H groups in total. The number of methoxy groups -OCH3 is 3. The molecule has 2 aromatic rings. The van der Waals surface area contributed by atoms with Crippen molar-refractivity contribution < 1.29 is 28.2 Å². The molecule has 0 saturated carbocycles. The Morgan fingerprint density at radius 3 is 2.15 bits per heavy atom. The molecule has 26 heavy (non-hydrogen) atoms. The summed E-state index contributed by atoms with van der Waals surface area (Å²) >= 11 is 0. The Morgan fingerprint density at radius 1 is 0.962 bits per heavy atom. The molecule has 0 aromatic heterocycles. The highest BCUT2D eigenvalue weighted by Crippen LogP contribution is 2.38. The summed E-state index contributed by atoms with van der Waals surface area (Å²) in [5.74, 6) is -0.530. The Labute approximate surface area is 150 Å². The van der Waals surface area contributed by atoms with Crippen molar-refractivity contribution in [3.05, 3.63) is 53.3 Å². The van der Waals surface area contributed by atoms with Crippen molar-refractivity contribution in [1.29, 1.82) is 0 Å². The molecule has 0 atom stereocenters. The first kappa shape index (κ1) is 19.0. The number of benzene rings is 2. The van der Waals surface area contributed by atoms with Gasteiger partial charge in [-0.15, -0.1) is 0 Å². The molecule has 0 bridgehead atoms. The lowest BCUT2D eigenvalue weighted by Crippen LogP contribution is -2.42. The van der Waals surface area contributed by atoms with Gasteiger partial charge in [0.05, 0.1) is 27.8 Å². The number of amides is 2. The number of carbonyl (C=O) groups excluding carboxylic acids is 2. The van der Waals surface area contributed by atoms with Gasteiger partial charge in [0, 0.05) is 5.56 Å². The van der Waals surface area contributed by atoms with Crippen LogP contribution in [0, 0.1) is 5.82 Å². The van der Waals surface area contributed by atoms with E-state index >= 15 is 0 Å². The molecule has 0 spiro atoms. The second kappa shape index (κ2) is 8.70. The fraction of sp³-hybridized carbons (Fsp3) is 0.222. The molecule has 2 aromatic carbocycles. The number of hydrazine groups is 1. The van der Waals surface area contributed by atoms with Crippen molar-refractivity contribution in [2.24, 2.45) is 0 Å². The summed E-state index contributed by atoms with van der Waals surface area (Å²) in [4.78, 5) is 24.1. The predicted octanol–water partition coefficient (Wildman–Crippen LogP) is 1.86. The van der Waals surface area contributed by atoms with Crippen molar-refractivity contribution in [3.63, 3.8) is 0 Å². The Hall–Kier alpha value is -3.29. The van der Waals surface area contributed by atoms with E-state index in [-0.39, 0.29) is 12.0 Å². The van der Waals surface area contributed by atoms with Gasteiger partial charge in [0.1, 0.15) is 5.82 Å². The van der Waals surface area contributed by atoms with Gasteiger partial charge in [0.2, 0.25) is 11.7 Å². The summed E-state index contributed by atoms with van der Waals surface area (Å²) in [6.45, 7) is 0. The maximum Gasteiger partial charge on any atom is 0.269 e. The van der Waals surface area contributed by atoms with Gasteiger partial charge < -0.3 is 14.2 Å². The molecule has 0 unspecified atom stereocenters. The third-order valence-electron chi connectivity index (χ3n) is 3.50. The molecule has 0 aliphatic heterocycles. The first-order valence-electron chi connectivity index (χ1n) is 7.62. The van der Waals surface area contributed by atoms with Gasteiger partial charge in [-0.25, -0.2) is 4.39 Å². The van der Waals surface area contributed by atoms with Crippen LogP contribution in [-0.2, 0) is 11.2 Å². The van der Waals surface area contributed by atoms with E-state index in [1.54, 1.807) is 6.07 Å². The van der Waals surface area contributed by atoms with Crippen molar-refractivity contribution in [1.82, 2.24) is 10.9 Å². The average Bonchev–Trinajstić information content (AvgIpc) is 2.64. The second-order valence-corrected chi connectivity index (χ2v) is 5.22. The van der Waals surface area contributed by atoms with Crippen LogP contribution >= 0.6 is 0 Å². The summed E-state index contributed by atoms with van der Waals surface area (Å²) in [7, 11) is 4.31. The number of hydrogen-bond acceptors (Lipinski definition) is 5. The summed E-state index contributed by atoms with van der Waals surface area (Å²) < 4.78 is 28.7. The number of nitrogens with one attached hydrogen (secondary N) is 2. The third kappa shape index (κ3) is 4.62. The van der Waals surface area contributed by atoms with E-state index in [2.05, 4.69) is 10.9 Å². The minimum atomic E-state index is -0.572. The van der Waals surface area contributed by atoms with Crippen molar-refractivity contribution in [2.45, 2.75) is 6.42 Å². The van der Waals surface area contributed by atoms with E-state index in [4.69, 9.17) is 14.2 Å². The maximum absolute atomic E-state index is 13.1. The molecule has 8 heteroatoms. The van der Waals surface area contributed by atoms with Crippen molar-refractivity contribution >= 4 is 11.8 Å². The molecule has 2 amide bonds. The summed E-state index contributed by atoms with van der Waals surface area (Å²) in [5.41, 5.74) is 5.26. The molecule has 0 aliphatic rings. The molecule has 2 rings (SSSR count). The smallest absolute Gasteiger partial charge is 0.269 e. The highest BCUT2D eigenvalue weighted by Gasteiger charge is 2.17. The molecule has 0 aliphatic carbocycles. The maximum atomic E-state index is 13.1. The fourth-order valence-electron chi connectivity index (χ4n) is 2.29. The highest BCUT2D eigenvalue weighted by molar-refractivity contribution is 5.96. The Kier molecular flexibility index (Phi) is 6.37. The summed E-state index contributed by atoms with van der Waals surface area (Å²) in [6.07, 6.45) is -0.0761. The highest BCUT2D eigenvalue weighted by atomic mass is 19.1. The number of hydrogen-bond donors (Lipinski definition) is 2. The average molecular weight is 362 g/mol. The largest absolute Gasteiger partial charge is 0.493 e. The minimum absolute atomic E-state index is 0.0761. The number of carbonyl (C=O) groups is 2. The molecule has 0 heterocycles. The Bertz CT molecular complexity index is 785. The zero-order valence-corrected chi connectivity index (χ0v) is 14.6. The topological polar surface area (TPSA) is 85.9 Å². The van der Waals surface area contributed by atoms with E-state index in [1.165, 1.54) is 51.7 Å². The van der Waals surface area contributed by atoms with Crippen molar-refractivity contribution in [2.75, 3.05) is 21.3 Å². The molecule has 138 valence electrons. The van der Waals surface area contributed by atoms with E-state index in [1.807, 2.05) is 0 Å². The number of halogens is 1. The van der Waals surface area contributed by atoms with Crippen LogP contribution in [-0.4, -0.2) is 33.1 Å². The lowest BCUT2D eigenvalue weighted by Gasteiger charge is -2.14. The zero-order valence-electron chi connectivity index (χ0n) is 14.6. The van der Waals surface area contributed by atoms with Gasteiger partial charge in [-0.05, 0) is 29.8 Å². The van der Waals surface area contributed by atoms with Crippen LogP contribution in [0.15, 0.2) is 36.4 Å². The molecule has 0 fully saturated rings. The predicted molar refractivity (Wildman–Crippen MR) is 91.8 cm³/mol. The van der Waals surface area contributed by atoms with Gasteiger partial charge >= 0.3 is 0 Å². The third-order valence-corrected chi connectivity index (χ3v) is 3.50. The van der Waals surface area contributed by atoms with Gasteiger partial charge in [-0.3, -0.25) is 20.4 Å². The molecular formula is C18H19FN2O5. The fourth-order valence-corrected chi connectivity index (χ4v) is 2.29. The van der Waals surface area contributed by atoms with E-state index in [0.29, 0.717) is 22.8 Å². The van der Waals surface area contributed by atoms with Gasteiger partial charge in [-0.2, -0.15) is 0 Å². The number of rotatable bonds is 6. The Morgan fingerprint density at radius 2 is 1.62 bits per heavy atom. The van der Waals surface area contributed by atoms with Crippen LogP contribution in [0.1, 0.15) is 15.9 Å².